The molecular formula is C23H30F3N3O4S2. The van der Waals surface area contributed by atoms with Crippen molar-refractivity contribution in [3.8, 4) is 0 Å². The van der Waals surface area contributed by atoms with E-state index < -0.39 is 21.8 Å². The van der Waals surface area contributed by atoms with E-state index in [1.165, 1.54) is 27.8 Å². The van der Waals surface area contributed by atoms with E-state index in [2.05, 4.69) is 16.7 Å². The molecular weight excluding hydrogens is 503 g/mol. The van der Waals surface area contributed by atoms with Crippen LogP contribution in [0, 0.1) is 0 Å². The molecule has 0 amide bonds. The molecule has 0 radical (unpaired) electrons. The maximum atomic E-state index is 13.3. The minimum Gasteiger partial charge on any atom is -0.379 e. The van der Waals surface area contributed by atoms with Gasteiger partial charge in [-0.2, -0.15) is 17.5 Å². The fourth-order valence-corrected chi connectivity index (χ4v) is 7.14. The molecule has 1 N–H and O–H groups in total. The smallest absolute Gasteiger partial charge is 0.379 e. The molecule has 2 fully saturated rings. The first-order valence-corrected chi connectivity index (χ1v) is 13.7. The molecule has 1 aromatic heterocycles. The van der Waals surface area contributed by atoms with E-state index in [0.717, 1.165) is 13.5 Å². The SMILES string of the molecule is C[C@H]1COCCN1C[C@H]1CN(S(=O)(=O)c2cccs2)CCN1c1ccc([C@@](C)(O)C(F)(F)F)cc1. The number of piperazine rings is 1. The Kier molecular flexibility index (Phi) is 7.52. The molecule has 2 aromatic rings. The molecule has 1 aromatic carbocycles. The van der Waals surface area contributed by atoms with Crippen LogP contribution in [0.25, 0.3) is 0 Å². The Morgan fingerprint density at radius 1 is 1.14 bits per heavy atom. The van der Waals surface area contributed by atoms with Crippen LogP contribution in [0.1, 0.15) is 19.4 Å². The first-order valence-electron chi connectivity index (χ1n) is 11.4. The Balaban J connectivity index is 1.60. The van der Waals surface area contributed by atoms with Gasteiger partial charge in [0.25, 0.3) is 10.0 Å². The molecule has 2 aliphatic heterocycles. The number of thiophene rings is 1. The van der Waals surface area contributed by atoms with Gasteiger partial charge in [-0.25, -0.2) is 8.42 Å². The summed E-state index contributed by atoms with van der Waals surface area (Å²) in [5, 5.41) is 11.7. The maximum Gasteiger partial charge on any atom is 0.421 e. The average molecular weight is 534 g/mol. The van der Waals surface area contributed by atoms with Crippen LogP contribution in [-0.2, 0) is 20.4 Å². The third-order valence-corrected chi connectivity index (χ3v) is 10.0. The Morgan fingerprint density at radius 3 is 2.46 bits per heavy atom. The van der Waals surface area contributed by atoms with Crippen LogP contribution in [0.3, 0.4) is 0 Å². The molecule has 7 nitrogen and oxygen atoms in total. The number of benzene rings is 1. The van der Waals surface area contributed by atoms with Gasteiger partial charge < -0.3 is 14.7 Å². The quantitative estimate of drug-likeness (QED) is 0.615. The number of sulfonamides is 1. The van der Waals surface area contributed by atoms with Crippen molar-refractivity contribution >= 4 is 27.0 Å². The molecule has 35 heavy (non-hydrogen) atoms. The highest BCUT2D eigenvalue weighted by Crippen LogP contribution is 2.39. The highest BCUT2D eigenvalue weighted by Gasteiger charge is 2.51. The summed E-state index contributed by atoms with van der Waals surface area (Å²) in [5.74, 6) is 0. The first-order chi connectivity index (χ1) is 16.4. The van der Waals surface area contributed by atoms with Crippen molar-refractivity contribution < 1.29 is 31.4 Å². The number of morpholine rings is 1. The van der Waals surface area contributed by atoms with E-state index >= 15 is 0 Å². The van der Waals surface area contributed by atoms with Crippen molar-refractivity contribution in [2.24, 2.45) is 0 Å². The number of alkyl halides is 3. The van der Waals surface area contributed by atoms with Crippen LogP contribution >= 0.6 is 11.3 Å². The predicted molar refractivity (Wildman–Crippen MR) is 128 cm³/mol. The van der Waals surface area contributed by atoms with Gasteiger partial charge in [0.05, 0.1) is 19.3 Å². The lowest BCUT2D eigenvalue weighted by Gasteiger charge is -2.45. The third kappa shape index (κ3) is 5.37. The second-order valence-corrected chi connectivity index (χ2v) is 12.3. The summed E-state index contributed by atoms with van der Waals surface area (Å²) in [5.41, 5.74) is -2.52. The number of nitrogens with zero attached hydrogens (tertiary/aromatic N) is 3. The molecule has 12 heteroatoms. The van der Waals surface area contributed by atoms with E-state index in [-0.39, 0.29) is 30.7 Å². The Hall–Kier alpha value is -1.70. The normalized spacial score (nSPS) is 24.9. The number of ether oxygens (including phenoxy) is 1. The minimum atomic E-state index is -4.80. The Bertz CT molecular complexity index is 1090. The zero-order valence-corrected chi connectivity index (χ0v) is 21.2. The molecule has 3 atom stereocenters. The summed E-state index contributed by atoms with van der Waals surface area (Å²) < 4.78 is 73.5. The van der Waals surface area contributed by atoms with Crippen LogP contribution in [0.2, 0.25) is 0 Å². The second kappa shape index (κ2) is 9.98. The third-order valence-electron chi connectivity index (χ3n) is 6.80. The second-order valence-electron chi connectivity index (χ2n) is 9.18. The summed E-state index contributed by atoms with van der Waals surface area (Å²) >= 11 is 1.18. The van der Waals surface area contributed by atoms with Gasteiger partial charge in [-0.15, -0.1) is 11.3 Å². The minimum absolute atomic E-state index is 0.166. The van der Waals surface area contributed by atoms with E-state index in [1.54, 1.807) is 29.6 Å². The van der Waals surface area contributed by atoms with Crippen LogP contribution < -0.4 is 4.90 Å². The summed E-state index contributed by atoms with van der Waals surface area (Å²) in [6.07, 6.45) is -4.80. The molecule has 194 valence electrons. The summed E-state index contributed by atoms with van der Waals surface area (Å²) in [7, 11) is -3.63. The van der Waals surface area contributed by atoms with Crippen LogP contribution in [0.15, 0.2) is 46.0 Å². The highest BCUT2D eigenvalue weighted by atomic mass is 32.2. The molecule has 3 heterocycles. The number of halogens is 3. The number of hydrogen-bond acceptors (Lipinski definition) is 7. The number of anilines is 1. The number of hydrogen-bond donors (Lipinski definition) is 1. The molecule has 0 bridgehead atoms. The standard InChI is InChI=1S/C23H30F3N3O4S2/c1-17-16-33-12-11-27(17)14-20-15-28(35(31,32)21-4-3-13-34-21)9-10-29(20)19-7-5-18(6-8-19)22(2,30)23(24,25)26/h3-8,13,17,20,30H,9-12,14-16H2,1-2H3/t17-,20-,22+/m0/s1. The molecule has 4 rings (SSSR count). The van der Waals surface area contributed by atoms with Gasteiger partial charge in [0, 0.05) is 44.5 Å². The van der Waals surface area contributed by atoms with Gasteiger partial charge in [0.15, 0.2) is 5.60 Å². The van der Waals surface area contributed by atoms with Gasteiger partial charge in [-0.1, -0.05) is 18.2 Å². The van der Waals surface area contributed by atoms with Crippen molar-refractivity contribution in [3.05, 3.63) is 47.3 Å². The van der Waals surface area contributed by atoms with Gasteiger partial charge in [-0.3, -0.25) is 4.90 Å². The Labute approximate surface area is 207 Å². The molecule has 0 saturated carbocycles. The van der Waals surface area contributed by atoms with Crippen molar-refractivity contribution in [3.63, 3.8) is 0 Å². The van der Waals surface area contributed by atoms with Crippen molar-refractivity contribution in [2.45, 2.75) is 41.9 Å². The van der Waals surface area contributed by atoms with Gasteiger partial charge in [0.1, 0.15) is 4.21 Å². The molecule has 0 unspecified atom stereocenters. The maximum absolute atomic E-state index is 13.3. The summed E-state index contributed by atoms with van der Waals surface area (Å²) in [6, 6.07) is 8.95. The molecule has 0 aliphatic carbocycles. The van der Waals surface area contributed by atoms with Crippen molar-refractivity contribution in [1.82, 2.24) is 9.21 Å². The average Bonchev–Trinajstić information content (AvgIpc) is 3.36. The zero-order valence-electron chi connectivity index (χ0n) is 19.6. The largest absolute Gasteiger partial charge is 0.421 e. The van der Waals surface area contributed by atoms with Crippen LogP contribution in [0.4, 0.5) is 18.9 Å². The predicted octanol–water partition coefficient (Wildman–Crippen LogP) is 3.12. The lowest BCUT2D eigenvalue weighted by atomic mass is 9.95. The lowest BCUT2D eigenvalue weighted by molar-refractivity contribution is -0.258. The summed E-state index contributed by atoms with van der Waals surface area (Å²) in [4.78, 5) is 4.31. The molecule has 2 aliphatic rings. The molecule has 0 spiro atoms. The van der Waals surface area contributed by atoms with Gasteiger partial charge in [0.2, 0.25) is 0 Å². The van der Waals surface area contributed by atoms with Gasteiger partial charge >= 0.3 is 6.18 Å². The van der Waals surface area contributed by atoms with Crippen LogP contribution in [0.5, 0.6) is 0 Å². The van der Waals surface area contributed by atoms with Crippen molar-refractivity contribution in [2.75, 3.05) is 50.8 Å². The monoisotopic (exact) mass is 533 g/mol. The van der Waals surface area contributed by atoms with Crippen molar-refractivity contribution in [1.29, 1.82) is 0 Å². The van der Waals surface area contributed by atoms with E-state index in [0.29, 0.717) is 36.2 Å². The highest BCUT2D eigenvalue weighted by molar-refractivity contribution is 7.91. The zero-order chi connectivity index (χ0) is 25.4. The topological polar surface area (TPSA) is 73.3 Å². The molecule has 2 saturated heterocycles. The number of rotatable bonds is 6. The fourth-order valence-electron chi connectivity index (χ4n) is 4.52. The first kappa shape index (κ1) is 26.4. The van der Waals surface area contributed by atoms with Crippen LogP contribution in [-0.4, -0.2) is 86.9 Å². The van der Waals surface area contributed by atoms with E-state index in [1.807, 2.05) is 0 Å². The lowest BCUT2D eigenvalue weighted by Crippen LogP contribution is -2.60. The van der Waals surface area contributed by atoms with Gasteiger partial charge in [-0.05, 0) is 43.0 Å². The fraction of sp³-hybridized carbons (Fsp3) is 0.565. The van der Waals surface area contributed by atoms with E-state index in [4.69, 9.17) is 4.74 Å². The van der Waals surface area contributed by atoms with E-state index in [9.17, 15) is 26.7 Å². The Morgan fingerprint density at radius 2 is 1.86 bits per heavy atom. The number of aliphatic hydroxyl groups is 1. The summed E-state index contributed by atoms with van der Waals surface area (Å²) in [6.45, 7) is 6.19.